The molecule has 3 amide bonds. The lowest BCUT2D eigenvalue weighted by Crippen LogP contribution is -2.30. The molecule has 27 heavy (non-hydrogen) atoms. The summed E-state index contributed by atoms with van der Waals surface area (Å²) in [6.07, 6.45) is 2.38. The van der Waals surface area contributed by atoms with Crippen LogP contribution in [0.4, 0.5) is 5.69 Å². The molecule has 0 aromatic heterocycles. The Hall–Kier alpha value is -2.37. The molecule has 1 aliphatic rings. The van der Waals surface area contributed by atoms with Crippen LogP contribution in [0.25, 0.3) is 0 Å². The van der Waals surface area contributed by atoms with Crippen LogP contribution in [0.15, 0.2) is 42.5 Å². The topological polar surface area (TPSA) is 66.5 Å². The van der Waals surface area contributed by atoms with Gasteiger partial charge in [-0.25, -0.2) is 0 Å². The first-order valence-electron chi connectivity index (χ1n) is 8.67. The van der Waals surface area contributed by atoms with Crippen molar-refractivity contribution in [3.05, 3.63) is 63.6 Å². The third-order valence-electron chi connectivity index (χ3n) is 4.31. The average molecular weight is 405 g/mol. The van der Waals surface area contributed by atoms with E-state index >= 15 is 0 Å². The fourth-order valence-corrected chi connectivity index (χ4v) is 3.55. The highest BCUT2D eigenvalue weighted by Gasteiger charge is 2.34. The summed E-state index contributed by atoms with van der Waals surface area (Å²) in [5, 5.41) is 3.67. The molecule has 140 valence electrons. The Morgan fingerprint density at radius 1 is 0.889 bits per heavy atom. The number of nitrogens with zero attached hydrogens (tertiary/aromatic N) is 1. The molecule has 0 atom stereocenters. The van der Waals surface area contributed by atoms with E-state index in [0.717, 1.165) is 6.42 Å². The Morgan fingerprint density at radius 2 is 1.48 bits per heavy atom. The molecule has 2 aromatic rings. The standard InChI is InChI=1S/C20H18Cl2N2O3/c21-13-10-14(22)12-15(11-13)23-18(25)8-2-1-5-9-24-19(26)16-6-3-4-7-17(16)20(24)27/h3-4,6-7,10-12H,1-2,5,8-9H2,(H,23,25). The maximum absolute atomic E-state index is 12.3. The first kappa shape index (κ1) is 19.4. The number of amides is 3. The highest BCUT2D eigenvalue weighted by atomic mass is 35.5. The number of anilines is 1. The van der Waals surface area contributed by atoms with E-state index in [1.165, 1.54) is 4.90 Å². The fourth-order valence-electron chi connectivity index (χ4n) is 3.02. The predicted octanol–water partition coefficient (Wildman–Crippen LogP) is 4.79. The summed E-state index contributed by atoms with van der Waals surface area (Å²) in [6, 6.07) is 11.7. The molecule has 1 N–H and O–H groups in total. The summed E-state index contributed by atoms with van der Waals surface area (Å²) in [7, 11) is 0. The van der Waals surface area contributed by atoms with E-state index in [9.17, 15) is 14.4 Å². The second kappa shape index (κ2) is 8.55. The fraction of sp³-hybridized carbons (Fsp3) is 0.250. The number of hydrogen-bond acceptors (Lipinski definition) is 3. The van der Waals surface area contributed by atoms with E-state index in [1.807, 2.05) is 0 Å². The summed E-state index contributed by atoms with van der Waals surface area (Å²) >= 11 is 11.8. The van der Waals surface area contributed by atoms with Crippen LogP contribution in [0.3, 0.4) is 0 Å². The molecule has 3 rings (SSSR count). The van der Waals surface area contributed by atoms with Crippen molar-refractivity contribution in [2.45, 2.75) is 25.7 Å². The van der Waals surface area contributed by atoms with E-state index in [2.05, 4.69) is 5.32 Å². The van der Waals surface area contributed by atoms with Crippen LogP contribution in [0.5, 0.6) is 0 Å². The van der Waals surface area contributed by atoms with Gasteiger partial charge >= 0.3 is 0 Å². The Balaban J connectivity index is 1.40. The molecule has 1 aliphatic heterocycles. The van der Waals surface area contributed by atoms with Crippen molar-refractivity contribution in [3.63, 3.8) is 0 Å². The van der Waals surface area contributed by atoms with Crippen LogP contribution in [-0.2, 0) is 4.79 Å². The first-order chi connectivity index (χ1) is 13.0. The zero-order chi connectivity index (χ0) is 19.4. The number of halogens is 2. The minimum absolute atomic E-state index is 0.130. The number of hydrogen-bond donors (Lipinski definition) is 1. The molecule has 0 spiro atoms. The number of carbonyl (C=O) groups excluding carboxylic acids is 3. The van der Waals surface area contributed by atoms with Gasteiger partial charge in [0.2, 0.25) is 5.91 Å². The molecule has 1 heterocycles. The molecular weight excluding hydrogens is 387 g/mol. The molecule has 2 aromatic carbocycles. The van der Waals surface area contributed by atoms with Gasteiger partial charge in [0, 0.05) is 28.7 Å². The van der Waals surface area contributed by atoms with E-state index in [0.29, 0.717) is 52.7 Å². The molecule has 0 aliphatic carbocycles. The Bertz CT molecular complexity index is 843. The largest absolute Gasteiger partial charge is 0.326 e. The lowest BCUT2D eigenvalue weighted by molar-refractivity contribution is -0.116. The van der Waals surface area contributed by atoms with E-state index in [1.54, 1.807) is 42.5 Å². The zero-order valence-electron chi connectivity index (χ0n) is 14.5. The number of unbranched alkanes of at least 4 members (excludes halogenated alkanes) is 2. The first-order valence-corrected chi connectivity index (χ1v) is 9.42. The lowest BCUT2D eigenvalue weighted by Gasteiger charge is -2.13. The molecule has 0 unspecified atom stereocenters. The summed E-state index contributed by atoms with van der Waals surface area (Å²) in [5.74, 6) is -0.619. The zero-order valence-corrected chi connectivity index (χ0v) is 16.0. The van der Waals surface area contributed by atoms with Gasteiger partial charge in [-0.05, 0) is 43.2 Å². The van der Waals surface area contributed by atoms with Gasteiger partial charge in [0.05, 0.1) is 11.1 Å². The molecule has 5 nitrogen and oxygen atoms in total. The van der Waals surface area contributed by atoms with Crippen molar-refractivity contribution >= 4 is 46.6 Å². The van der Waals surface area contributed by atoms with Crippen LogP contribution < -0.4 is 5.32 Å². The smallest absolute Gasteiger partial charge is 0.261 e. The number of nitrogens with one attached hydrogen (secondary N) is 1. The molecule has 0 bridgehead atoms. The van der Waals surface area contributed by atoms with Gasteiger partial charge < -0.3 is 5.32 Å². The highest BCUT2D eigenvalue weighted by Crippen LogP contribution is 2.24. The molecule has 0 fully saturated rings. The Kier molecular flexibility index (Phi) is 6.14. The SMILES string of the molecule is O=C(CCCCCN1C(=O)c2ccccc2C1=O)Nc1cc(Cl)cc(Cl)c1. The van der Waals surface area contributed by atoms with E-state index in [4.69, 9.17) is 23.2 Å². The molecule has 0 saturated heterocycles. The van der Waals surface area contributed by atoms with Crippen LogP contribution in [0.2, 0.25) is 10.0 Å². The number of benzene rings is 2. The number of rotatable bonds is 7. The van der Waals surface area contributed by atoms with Gasteiger partial charge in [0.25, 0.3) is 11.8 Å². The van der Waals surface area contributed by atoms with Crippen molar-refractivity contribution in [2.75, 3.05) is 11.9 Å². The molecule has 0 radical (unpaired) electrons. The van der Waals surface area contributed by atoms with Crippen molar-refractivity contribution in [3.8, 4) is 0 Å². The van der Waals surface area contributed by atoms with Gasteiger partial charge in [-0.2, -0.15) is 0 Å². The maximum Gasteiger partial charge on any atom is 0.261 e. The minimum atomic E-state index is -0.244. The summed E-state index contributed by atoms with van der Waals surface area (Å²) in [5.41, 5.74) is 1.48. The number of carbonyl (C=O) groups is 3. The van der Waals surface area contributed by atoms with Gasteiger partial charge in [-0.3, -0.25) is 19.3 Å². The third kappa shape index (κ3) is 4.67. The lowest BCUT2D eigenvalue weighted by atomic mass is 10.1. The number of fused-ring (bicyclic) bond motifs is 1. The van der Waals surface area contributed by atoms with Crippen LogP contribution in [0.1, 0.15) is 46.4 Å². The van der Waals surface area contributed by atoms with Crippen molar-refractivity contribution in [2.24, 2.45) is 0 Å². The second-order valence-corrected chi connectivity index (χ2v) is 7.20. The predicted molar refractivity (Wildman–Crippen MR) is 105 cm³/mol. The van der Waals surface area contributed by atoms with Gasteiger partial charge in [-0.1, -0.05) is 41.8 Å². The minimum Gasteiger partial charge on any atom is -0.326 e. The summed E-state index contributed by atoms with van der Waals surface area (Å²) in [6.45, 7) is 0.359. The quantitative estimate of drug-likeness (QED) is 0.532. The van der Waals surface area contributed by atoms with Crippen molar-refractivity contribution < 1.29 is 14.4 Å². The van der Waals surface area contributed by atoms with Gasteiger partial charge in [0.1, 0.15) is 0 Å². The van der Waals surface area contributed by atoms with E-state index in [-0.39, 0.29) is 17.7 Å². The molecule has 0 saturated carbocycles. The van der Waals surface area contributed by atoms with E-state index < -0.39 is 0 Å². The third-order valence-corrected chi connectivity index (χ3v) is 4.75. The van der Waals surface area contributed by atoms with Crippen LogP contribution in [-0.4, -0.2) is 29.2 Å². The van der Waals surface area contributed by atoms with Crippen molar-refractivity contribution in [1.29, 1.82) is 0 Å². The second-order valence-electron chi connectivity index (χ2n) is 6.32. The molecular formula is C20H18Cl2N2O3. The Labute approximate surface area is 167 Å². The van der Waals surface area contributed by atoms with Gasteiger partial charge in [-0.15, -0.1) is 0 Å². The molecule has 7 heteroatoms. The Morgan fingerprint density at radius 3 is 2.07 bits per heavy atom. The van der Waals surface area contributed by atoms with Gasteiger partial charge in [0.15, 0.2) is 0 Å². The monoisotopic (exact) mass is 404 g/mol. The van der Waals surface area contributed by atoms with Crippen molar-refractivity contribution in [1.82, 2.24) is 4.90 Å². The summed E-state index contributed by atoms with van der Waals surface area (Å²) < 4.78 is 0. The van der Waals surface area contributed by atoms with Crippen LogP contribution in [0, 0.1) is 0 Å². The normalized spacial score (nSPS) is 13.0. The maximum atomic E-state index is 12.3. The summed E-state index contributed by atoms with van der Waals surface area (Å²) in [4.78, 5) is 37.8. The van der Waals surface area contributed by atoms with Crippen LogP contribution >= 0.6 is 23.2 Å². The highest BCUT2D eigenvalue weighted by molar-refractivity contribution is 6.35. The number of imide groups is 1. The average Bonchev–Trinajstić information content (AvgIpc) is 2.85.